The molecule has 1 aromatic rings. The van der Waals surface area contributed by atoms with Crippen LogP contribution in [0.25, 0.3) is 0 Å². The number of fused-ring (bicyclic) bond motifs is 1. The Morgan fingerprint density at radius 3 is 2.69 bits per heavy atom. The molecule has 0 saturated heterocycles. The Balaban J connectivity index is 1.69. The van der Waals surface area contributed by atoms with E-state index in [4.69, 9.17) is 9.47 Å². The third-order valence-corrected chi connectivity index (χ3v) is 6.44. The Kier molecular flexibility index (Phi) is 7.55. The number of ether oxygens (including phenoxy) is 2. The van der Waals surface area contributed by atoms with Gasteiger partial charge in [-0.3, -0.25) is 4.79 Å². The second-order valence-corrected chi connectivity index (χ2v) is 8.41. The molecule has 1 saturated carbocycles. The zero-order valence-corrected chi connectivity index (χ0v) is 18.1. The lowest BCUT2D eigenvalue weighted by Gasteiger charge is -2.38. The van der Waals surface area contributed by atoms with Crippen LogP contribution in [0.3, 0.4) is 0 Å². The van der Waals surface area contributed by atoms with Crippen molar-refractivity contribution >= 4 is 5.91 Å². The van der Waals surface area contributed by atoms with Crippen molar-refractivity contribution in [1.82, 2.24) is 10.2 Å². The quantitative estimate of drug-likeness (QED) is 0.697. The van der Waals surface area contributed by atoms with Crippen LogP contribution in [0.2, 0.25) is 0 Å². The second kappa shape index (κ2) is 9.92. The van der Waals surface area contributed by atoms with Gasteiger partial charge in [-0.1, -0.05) is 26.2 Å². The van der Waals surface area contributed by atoms with Crippen molar-refractivity contribution in [3.63, 3.8) is 0 Å². The first kappa shape index (κ1) is 22.1. The fourth-order valence-electron chi connectivity index (χ4n) is 4.77. The summed E-state index contributed by atoms with van der Waals surface area (Å²) >= 11 is 0. The number of aryl methyl sites for hydroxylation is 1. The largest absolute Gasteiger partial charge is 0.496 e. The molecule has 6 heteroatoms. The molecule has 0 bridgehead atoms. The molecule has 29 heavy (non-hydrogen) atoms. The predicted molar refractivity (Wildman–Crippen MR) is 113 cm³/mol. The van der Waals surface area contributed by atoms with Crippen LogP contribution in [0, 0.1) is 0 Å². The molecule has 3 rings (SSSR count). The molecule has 1 fully saturated rings. The molecular formula is C23H36N2O4. The molecule has 1 aliphatic carbocycles. The molecule has 1 unspecified atom stereocenters. The first-order chi connectivity index (χ1) is 14.0. The zero-order chi connectivity index (χ0) is 20.9. The summed E-state index contributed by atoms with van der Waals surface area (Å²) in [6.07, 6.45) is 6.65. The first-order valence-corrected chi connectivity index (χ1v) is 10.9. The van der Waals surface area contributed by atoms with Gasteiger partial charge >= 0.3 is 0 Å². The van der Waals surface area contributed by atoms with Crippen LogP contribution in [-0.4, -0.2) is 62.0 Å². The first-order valence-electron chi connectivity index (χ1n) is 10.9. The van der Waals surface area contributed by atoms with E-state index in [1.807, 2.05) is 4.90 Å². The number of carbonyl (C=O) groups excluding carboxylic acids is 1. The van der Waals surface area contributed by atoms with Gasteiger partial charge in [0.1, 0.15) is 5.75 Å². The van der Waals surface area contributed by atoms with E-state index >= 15 is 0 Å². The van der Waals surface area contributed by atoms with E-state index in [1.54, 1.807) is 14.2 Å². The zero-order valence-electron chi connectivity index (χ0n) is 18.1. The van der Waals surface area contributed by atoms with Crippen LogP contribution in [0.1, 0.15) is 61.8 Å². The van der Waals surface area contributed by atoms with Crippen molar-refractivity contribution in [2.75, 3.05) is 40.5 Å². The van der Waals surface area contributed by atoms with Crippen molar-refractivity contribution < 1.29 is 19.4 Å². The number of carbonyl (C=O) groups is 1. The van der Waals surface area contributed by atoms with Crippen LogP contribution in [0.4, 0.5) is 0 Å². The van der Waals surface area contributed by atoms with Gasteiger partial charge in [-0.05, 0) is 54.5 Å². The fourth-order valence-corrected chi connectivity index (χ4v) is 4.77. The van der Waals surface area contributed by atoms with E-state index in [0.717, 1.165) is 55.4 Å². The van der Waals surface area contributed by atoms with Gasteiger partial charge in [0.25, 0.3) is 0 Å². The van der Waals surface area contributed by atoms with Gasteiger partial charge in [0, 0.05) is 20.2 Å². The summed E-state index contributed by atoms with van der Waals surface area (Å²) in [7, 11) is 3.39. The van der Waals surface area contributed by atoms with E-state index in [9.17, 15) is 9.90 Å². The lowest BCUT2D eigenvalue weighted by molar-refractivity contribution is -0.134. The third-order valence-electron chi connectivity index (χ3n) is 6.44. The normalized spacial score (nSPS) is 21.0. The maximum atomic E-state index is 13.0. The number of hydrogen-bond donors (Lipinski definition) is 2. The van der Waals surface area contributed by atoms with Crippen molar-refractivity contribution in [1.29, 1.82) is 0 Å². The van der Waals surface area contributed by atoms with Gasteiger partial charge in [0.2, 0.25) is 5.91 Å². The van der Waals surface area contributed by atoms with Gasteiger partial charge in [0.15, 0.2) is 0 Å². The van der Waals surface area contributed by atoms with Gasteiger partial charge < -0.3 is 24.8 Å². The van der Waals surface area contributed by atoms with Gasteiger partial charge in [0.05, 0.1) is 31.9 Å². The predicted octanol–water partition coefficient (Wildman–Crippen LogP) is 2.61. The Hall–Kier alpha value is -1.63. The molecule has 0 radical (unpaired) electrons. The van der Waals surface area contributed by atoms with Crippen molar-refractivity contribution in [3.8, 4) is 5.75 Å². The highest BCUT2D eigenvalue weighted by Gasteiger charge is 2.33. The minimum Gasteiger partial charge on any atom is -0.496 e. The van der Waals surface area contributed by atoms with E-state index < -0.39 is 5.60 Å². The number of hydrogen-bond acceptors (Lipinski definition) is 5. The summed E-state index contributed by atoms with van der Waals surface area (Å²) in [6.45, 7) is 3.98. The topological polar surface area (TPSA) is 71.0 Å². The van der Waals surface area contributed by atoms with E-state index in [1.165, 1.54) is 12.0 Å². The highest BCUT2D eigenvalue weighted by atomic mass is 16.5. The standard InChI is InChI=1S/C23H36N2O4/c1-4-17-12-19-18(13-21(17)29-3)8-11-25(20(19)15-28-2)22(26)14-24-16-23(27)9-6-5-7-10-23/h12-13,20,24,27H,4-11,14-16H2,1-3H3. The average Bonchev–Trinajstić information content (AvgIpc) is 2.73. The highest BCUT2D eigenvalue weighted by Crippen LogP contribution is 2.35. The SMILES string of the molecule is CCc1cc2c(cc1OC)CCN(C(=O)CNCC1(O)CCCCC1)C2COC. The second-order valence-electron chi connectivity index (χ2n) is 8.41. The molecule has 0 spiro atoms. The molecule has 1 aliphatic heterocycles. The molecular weight excluding hydrogens is 368 g/mol. The highest BCUT2D eigenvalue weighted by molar-refractivity contribution is 5.79. The molecule has 162 valence electrons. The molecule has 1 amide bonds. The van der Waals surface area contributed by atoms with Crippen LogP contribution in [-0.2, 0) is 22.4 Å². The number of nitrogens with zero attached hydrogens (tertiary/aromatic N) is 1. The van der Waals surface area contributed by atoms with Crippen LogP contribution in [0.5, 0.6) is 5.75 Å². The minimum absolute atomic E-state index is 0.0611. The molecule has 2 aliphatic rings. The number of amides is 1. The van der Waals surface area contributed by atoms with Crippen LogP contribution in [0.15, 0.2) is 12.1 Å². The summed E-state index contributed by atoms with van der Waals surface area (Å²) in [5, 5.41) is 13.9. The average molecular weight is 405 g/mol. The van der Waals surface area contributed by atoms with Gasteiger partial charge in [-0.25, -0.2) is 0 Å². The lowest BCUT2D eigenvalue weighted by Crippen LogP contribution is -2.48. The van der Waals surface area contributed by atoms with Crippen molar-refractivity contribution in [2.24, 2.45) is 0 Å². The van der Waals surface area contributed by atoms with Crippen LogP contribution >= 0.6 is 0 Å². The monoisotopic (exact) mass is 404 g/mol. The summed E-state index contributed by atoms with van der Waals surface area (Å²) in [5.74, 6) is 0.982. The Labute approximate surface area is 174 Å². The number of methoxy groups -OCH3 is 2. The number of aliphatic hydroxyl groups is 1. The third kappa shape index (κ3) is 5.11. The maximum Gasteiger partial charge on any atom is 0.237 e. The Morgan fingerprint density at radius 1 is 1.28 bits per heavy atom. The lowest BCUT2D eigenvalue weighted by atomic mass is 9.85. The summed E-state index contributed by atoms with van der Waals surface area (Å²) < 4.78 is 11.0. The molecule has 2 N–H and O–H groups in total. The van der Waals surface area contributed by atoms with Crippen molar-refractivity contribution in [2.45, 2.75) is 63.5 Å². The summed E-state index contributed by atoms with van der Waals surface area (Å²) in [4.78, 5) is 14.9. The smallest absolute Gasteiger partial charge is 0.237 e. The molecule has 1 atom stereocenters. The Morgan fingerprint density at radius 2 is 2.03 bits per heavy atom. The van der Waals surface area contributed by atoms with Gasteiger partial charge in [-0.2, -0.15) is 0 Å². The van der Waals surface area contributed by atoms with E-state index in [0.29, 0.717) is 19.7 Å². The molecule has 1 heterocycles. The Bertz CT molecular complexity index is 700. The van der Waals surface area contributed by atoms with Crippen LogP contribution < -0.4 is 10.1 Å². The molecule has 1 aromatic carbocycles. The van der Waals surface area contributed by atoms with E-state index in [2.05, 4.69) is 24.4 Å². The number of benzene rings is 1. The fraction of sp³-hybridized carbons (Fsp3) is 0.696. The summed E-state index contributed by atoms with van der Waals surface area (Å²) in [6, 6.07) is 4.21. The van der Waals surface area contributed by atoms with E-state index in [-0.39, 0.29) is 18.5 Å². The molecule has 6 nitrogen and oxygen atoms in total. The van der Waals surface area contributed by atoms with Gasteiger partial charge in [-0.15, -0.1) is 0 Å². The van der Waals surface area contributed by atoms with Crippen molar-refractivity contribution in [3.05, 3.63) is 28.8 Å². The maximum absolute atomic E-state index is 13.0. The minimum atomic E-state index is -0.661. The molecule has 0 aromatic heterocycles. The number of nitrogens with one attached hydrogen (secondary N) is 1. The number of rotatable bonds is 8. The summed E-state index contributed by atoms with van der Waals surface area (Å²) in [5.41, 5.74) is 2.88.